The molecule has 0 saturated heterocycles. The summed E-state index contributed by atoms with van der Waals surface area (Å²) in [6.07, 6.45) is 0.988. The van der Waals surface area contributed by atoms with Gasteiger partial charge in [-0.2, -0.15) is 0 Å². The molecule has 0 atom stereocenters. The maximum Gasteiger partial charge on any atom is 0.125 e. The number of alkyl halides is 2. The smallest absolute Gasteiger partial charge is 0.125 e. The fourth-order valence-electron chi connectivity index (χ4n) is 0.138. The zero-order chi connectivity index (χ0) is 5.70. The summed E-state index contributed by atoms with van der Waals surface area (Å²) in [5.74, 6) is 0. The van der Waals surface area contributed by atoms with Crippen molar-refractivity contribution in [3.8, 4) is 0 Å². The van der Waals surface area contributed by atoms with Crippen LogP contribution in [0.4, 0.5) is 8.78 Å². The van der Waals surface area contributed by atoms with Crippen molar-refractivity contribution in [3.05, 3.63) is 11.1 Å². The Morgan fingerprint density at radius 3 is 2.29 bits per heavy atom. The van der Waals surface area contributed by atoms with Crippen molar-refractivity contribution in [1.82, 2.24) is 0 Å². The first-order valence-electron chi connectivity index (χ1n) is 1.77. The quantitative estimate of drug-likeness (QED) is 0.531. The summed E-state index contributed by atoms with van der Waals surface area (Å²) in [5.41, 5.74) is 0. The molecular formula is C4H5ClF2. The van der Waals surface area contributed by atoms with Crippen molar-refractivity contribution in [2.45, 2.75) is 0 Å². The fourth-order valence-corrected chi connectivity index (χ4v) is 0.197. The second-order valence-corrected chi connectivity index (χ2v) is 1.42. The third-order valence-corrected chi connectivity index (χ3v) is 0.682. The predicted octanol–water partition coefficient (Wildman–Crippen LogP) is 2.05. The van der Waals surface area contributed by atoms with Gasteiger partial charge in [-0.15, -0.1) is 0 Å². The standard InChI is InChI=1S/C4H5ClF2/c5-4(3-7)1-2-6/h1H,2-3H2. The molecule has 0 rings (SSSR count). The topological polar surface area (TPSA) is 0 Å². The van der Waals surface area contributed by atoms with Gasteiger partial charge in [-0.25, -0.2) is 8.78 Å². The zero-order valence-corrected chi connectivity index (χ0v) is 4.38. The highest BCUT2D eigenvalue weighted by atomic mass is 35.5. The molecule has 0 spiro atoms. The largest absolute Gasteiger partial charge is 0.247 e. The first kappa shape index (κ1) is 6.89. The van der Waals surface area contributed by atoms with E-state index >= 15 is 0 Å². The second kappa shape index (κ2) is 4.06. The SMILES string of the molecule is FCC=C(Cl)CF. The van der Waals surface area contributed by atoms with Crippen LogP contribution in [-0.2, 0) is 0 Å². The second-order valence-electron chi connectivity index (χ2n) is 0.939. The normalized spacial score (nSPS) is 12.1. The lowest BCUT2D eigenvalue weighted by Gasteiger charge is -1.81. The molecule has 0 nitrogen and oxygen atoms in total. The van der Waals surface area contributed by atoms with Crippen molar-refractivity contribution in [2.24, 2.45) is 0 Å². The van der Waals surface area contributed by atoms with Crippen molar-refractivity contribution >= 4 is 11.6 Å². The molecule has 0 saturated carbocycles. The van der Waals surface area contributed by atoms with Gasteiger partial charge in [-0.3, -0.25) is 0 Å². The molecule has 0 bridgehead atoms. The van der Waals surface area contributed by atoms with Crippen molar-refractivity contribution in [1.29, 1.82) is 0 Å². The van der Waals surface area contributed by atoms with Crippen LogP contribution in [0, 0.1) is 0 Å². The van der Waals surface area contributed by atoms with Gasteiger partial charge in [0.15, 0.2) is 0 Å². The molecule has 0 aromatic rings. The minimum absolute atomic E-state index is 0.0671. The highest BCUT2D eigenvalue weighted by Gasteiger charge is 1.84. The lowest BCUT2D eigenvalue weighted by molar-refractivity contribution is 0.538. The van der Waals surface area contributed by atoms with Gasteiger partial charge in [0.05, 0.1) is 0 Å². The third kappa shape index (κ3) is 3.73. The van der Waals surface area contributed by atoms with Gasteiger partial charge >= 0.3 is 0 Å². The first-order chi connectivity index (χ1) is 3.31. The molecule has 0 aliphatic heterocycles. The van der Waals surface area contributed by atoms with E-state index in [1.54, 1.807) is 0 Å². The van der Waals surface area contributed by atoms with E-state index in [4.69, 9.17) is 11.6 Å². The summed E-state index contributed by atoms with van der Waals surface area (Å²) in [4.78, 5) is 0. The Hall–Kier alpha value is -0.110. The van der Waals surface area contributed by atoms with E-state index in [1.807, 2.05) is 0 Å². The van der Waals surface area contributed by atoms with Gasteiger partial charge in [-0.1, -0.05) is 11.6 Å². The van der Waals surface area contributed by atoms with E-state index in [0.717, 1.165) is 6.08 Å². The van der Waals surface area contributed by atoms with Crippen LogP contribution in [0.2, 0.25) is 0 Å². The van der Waals surface area contributed by atoms with Crippen LogP contribution < -0.4 is 0 Å². The lowest BCUT2D eigenvalue weighted by atomic mass is 10.5. The first-order valence-corrected chi connectivity index (χ1v) is 2.15. The van der Waals surface area contributed by atoms with E-state index in [1.165, 1.54) is 0 Å². The summed E-state index contributed by atoms with van der Waals surface area (Å²) >= 11 is 5.01. The highest BCUT2D eigenvalue weighted by Crippen LogP contribution is 1.99. The number of allylic oxidation sites excluding steroid dienone is 2. The third-order valence-electron chi connectivity index (χ3n) is 0.426. The van der Waals surface area contributed by atoms with E-state index in [2.05, 4.69) is 0 Å². The van der Waals surface area contributed by atoms with Crippen molar-refractivity contribution < 1.29 is 8.78 Å². The number of hydrogen-bond donors (Lipinski definition) is 0. The molecule has 0 N–H and O–H groups in total. The predicted molar refractivity (Wildman–Crippen MR) is 25.9 cm³/mol. The average molecular weight is 127 g/mol. The van der Waals surface area contributed by atoms with Crippen LogP contribution in [0.15, 0.2) is 11.1 Å². The molecule has 42 valence electrons. The molecule has 0 aliphatic rings. The summed E-state index contributed by atoms with van der Waals surface area (Å²) < 4.78 is 22.3. The summed E-state index contributed by atoms with van der Waals surface area (Å²) in [6, 6.07) is 0. The van der Waals surface area contributed by atoms with E-state index in [-0.39, 0.29) is 5.03 Å². The Balaban J connectivity index is 3.29. The maximum absolute atomic E-state index is 11.2. The Bertz CT molecular complexity index is 70.1. The van der Waals surface area contributed by atoms with Crippen LogP contribution in [0.1, 0.15) is 0 Å². The molecule has 0 unspecified atom stereocenters. The molecule has 0 aromatic heterocycles. The van der Waals surface area contributed by atoms with Gasteiger partial charge in [-0.05, 0) is 6.08 Å². The van der Waals surface area contributed by atoms with Gasteiger partial charge in [0.25, 0.3) is 0 Å². The summed E-state index contributed by atoms with van der Waals surface area (Å²) in [6.45, 7) is -1.46. The van der Waals surface area contributed by atoms with Gasteiger partial charge < -0.3 is 0 Å². The molecule has 3 heteroatoms. The van der Waals surface area contributed by atoms with E-state index in [0.29, 0.717) is 0 Å². The van der Waals surface area contributed by atoms with Crippen LogP contribution in [-0.4, -0.2) is 13.3 Å². The Morgan fingerprint density at radius 1 is 1.57 bits per heavy atom. The average Bonchev–Trinajstić information content (AvgIpc) is 1.68. The molecule has 0 aliphatic carbocycles. The number of halogens is 3. The highest BCUT2D eigenvalue weighted by molar-refractivity contribution is 6.29. The van der Waals surface area contributed by atoms with E-state index in [9.17, 15) is 8.78 Å². The summed E-state index contributed by atoms with van der Waals surface area (Å²) in [5, 5.41) is -0.0671. The summed E-state index contributed by atoms with van der Waals surface area (Å²) in [7, 11) is 0. The van der Waals surface area contributed by atoms with Gasteiger partial charge in [0, 0.05) is 5.03 Å². The van der Waals surface area contributed by atoms with Gasteiger partial charge in [0.1, 0.15) is 13.3 Å². The molecule has 0 aromatic carbocycles. The molecule has 0 amide bonds. The molecule has 0 fully saturated rings. The maximum atomic E-state index is 11.2. The zero-order valence-electron chi connectivity index (χ0n) is 3.63. The lowest BCUT2D eigenvalue weighted by Crippen LogP contribution is -1.73. The fraction of sp³-hybridized carbons (Fsp3) is 0.500. The number of rotatable bonds is 2. The van der Waals surface area contributed by atoms with Crippen LogP contribution in [0.25, 0.3) is 0 Å². The minimum Gasteiger partial charge on any atom is -0.247 e. The molecule has 0 radical (unpaired) electrons. The Morgan fingerprint density at radius 2 is 2.14 bits per heavy atom. The van der Waals surface area contributed by atoms with Crippen LogP contribution >= 0.6 is 11.6 Å². The number of hydrogen-bond acceptors (Lipinski definition) is 0. The van der Waals surface area contributed by atoms with E-state index < -0.39 is 13.3 Å². The van der Waals surface area contributed by atoms with Crippen LogP contribution in [0.3, 0.4) is 0 Å². The van der Waals surface area contributed by atoms with Crippen LogP contribution in [0.5, 0.6) is 0 Å². The molecule has 7 heavy (non-hydrogen) atoms. The Kier molecular flexibility index (Phi) is 4.00. The van der Waals surface area contributed by atoms with Gasteiger partial charge in [0.2, 0.25) is 0 Å². The Labute approximate surface area is 45.8 Å². The minimum atomic E-state index is -0.772. The van der Waals surface area contributed by atoms with Crippen molar-refractivity contribution in [2.75, 3.05) is 13.3 Å². The molecular weight excluding hydrogens is 121 g/mol. The monoisotopic (exact) mass is 126 g/mol. The molecule has 0 heterocycles. The van der Waals surface area contributed by atoms with Crippen molar-refractivity contribution in [3.63, 3.8) is 0 Å².